The van der Waals surface area contributed by atoms with Gasteiger partial charge in [-0.1, -0.05) is 0 Å². The van der Waals surface area contributed by atoms with Crippen LogP contribution in [0.4, 0.5) is 17.6 Å². The summed E-state index contributed by atoms with van der Waals surface area (Å²) in [6.45, 7) is 0. The molecule has 0 heterocycles. The van der Waals surface area contributed by atoms with Crippen LogP contribution in [-0.2, 0) is 20.1 Å². The zero-order valence-electron chi connectivity index (χ0n) is 5.28. The van der Waals surface area contributed by atoms with Gasteiger partial charge in [0.25, 0.3) is 0 Å². The number of hydrogen-bond donors (Lipinski definition) is 0. The second-order valence-corrected chi connectivity index (χ2v) is 0.817. The van der Waals surface area contributed by atoms with Gasteiger partial charge in [0, 0.05) is 0 Å². The van der Waals surface area contributed by atoms with Crippen molar-refractivity contribution in [1.82, 2.24) is 0 Å². The molecule has 0 aliphatic rings. The van der Waals surface area contributed by atoms with Crippen molar-refractivity contribution < 1.29 is 37.7 Å². The Balaban J connectivity index is -0.0000000817. The van der Waals surface area contributed by atoms with Crippen LogP contribution in [0, 0.1) is 12.7 Å². The van der Waals surface area contributed by atoms with Gasteiger partial charge in [-0.05, 0) is 0 Å². The van der Waals surface area contributed by atoms with Gasteiger partial charge < -0.3 is 17.6 Å². The predicted molar refractivity (Wildman–Crippen MR) is 41.5 cm³/mol. The fraction of sp³-hybridized carbons (Fsp3) is 0. The van der Waals surface area contributed by atoms with Gasteiger partial charge in [-0.2, -0.15) is 19.8 Å². The van der Waals surface area contributed by atoms with Crippen molar-refractivity contribution in [2.45, 2.75) is 0 Å². The first-order chi connectivity index (χ1) is 3.72. The summed E-state index contributed by atoms with van der Waals surface area (Å²) in [6, 6.07) is 0. The van der Waals surface area contributed by atoms with Crippen LogP contribution in [0.1, 0.15) is 0 Å². The molecule has 0 aromatic rings. The molecule has 0 spiro atoms. The molecule has 0 nitrogen and oxygen atoms in total. The van der Waals surface area contributed by atoms with Crippen molar-refractivity contribution in [3.8, 4) is 0 Å². The molecule has 0 aromatic carbocycles. The van der Waals surface area contributed by atoms with Crippen molar-refractivity contribution >= 4 is 19.8 Å². The topological polar surface area (TPSA) is 0 Å². The fourth-order valence-electron chi connectivity index (χ4n) is 0.0830. The first-order valence-corrected chi connectivity index (χ1v) is 1.51. The summed E-state index contributed by atoms with van der Waals surface area (Å²) in [6.07, 6.45) is 0.502. The molecule has 0 rings (SSSR count). The summed E-state index contributed by atoms with van der Waals surface area (Å²) in [7, 11) is 0. The van der Waals surface area contributed by atoms with Gasteiger partial charge in [0.05, 0.1) is 0 Å². The van der Waals surface area contributed by atoms with Gasteiger partial charge in [0.2, 0.25) is 0 Å². The molecule has 11 heavy (non-hydrogen) atoms. The van der Waals surface area contributed by atoms with Crippen molar-refractivity contribution in [3.63, 3.8) is 0 Å². The van der Waals surface area contributed by atoms with Crippen LogP contribution in [-0.4, -0.2) is 0 Å². The van der Waals surface area contributed by atoms with E-state index in [0.29, 0.717) is 0 Å². The normalized spacial score (nSPS) is 10.5. The van der Waals surface area contributed by atoms with Crippen LogP contribution in [0.25, 0.3) is 0 Å². The number of rotatable bonds is 1. The molecule has 0 bridgehead atoms. The third-order valence-electron chi connectivity index (χ3n) is 0.359. The summed E-state index contributed by atoms with van der Waals surface area (Å²) < 4.78 is 43.9. The second-order valence-electron chi connectivity index (χ2n) is 0.817. The zero-order valence-corrected chi connectivity index (χ0v) is 10.6. The molecular weight excluding hydrogens is 378 g/mol. The molecular formula is C4H7F4IrP2. The van der Waals surface area contributed by atoms with E-state index in [9.17, 15) is 17.6 Å². The van der Waals surface area contributed by atoms with E-state index in [-0.39, 0.29) is 52.6 Å². The maximum absolute atomic E-state index is 11.2. The Morgan fingerprint density at radius 2 is 1.00 bits per heavy atom. The number of hydrogen-bond acceptors (Lipinski definition) is 0. The first kappa shape index (κ1) is 22.6. The van der Waals surface area contributed by atoms with Gasteiger partial charge in [-0.15, -0.1) is 24.3 Å². The minimum atomic E-state index is -2.02. The first-order valence-electron chi connectivity index (χ1n) is 1.51. The van der Waals surface area contributed by atoms with Crippen molar-refractivity contribution in [2.24, 2.45) is 0 Å². The summed E-state index contributed by atoms with van der Waals surface area (Å²) in [5, 5.41) is 0. The third-order valence-corrected chi connectivity index (χ3v) is 0.359. The molecule has 0 fully saturated rings. The summed E-state index contributed by atoms with van der Waals surface area (Å²) in [5.41, 5.74) is 0. The Hall–Kier alpha value is 0.709. The summed E-state index contributed by atoms with van der Waals surface area (Å²) in [4.78, 5) is 0. The maximum atomic E-state index is 11.2. The summed E-state index contributed by atoms with van der Waals surface area (Å²) in [5.74, 6) is -4.04. The van der Waals surface area contributed by atoms with Crippen molar-refractivity contribution in [3.05, 3.63) is 24.3 Å². The Morgan fingerprint density at radius 3 is 1.09 bits per heavy atom. The Bertz CT molecular complexity index is 120. The Kier molecular flexibility index (Phi) is 27.3. The molecule has 0 N–H and O–H groups in total. The molecule has 0 aliphatic carbocycles. The average Bonchev–Trinajstić information content (AvgIpc) is 1.84. The molecule has 2 atom stereocenters. The molecule has 7 heteroatoms. The molecule has 0 saturated heterocycles. The van der Waals surface area contributed by atoms with E-state index in [0.717, 1.165) is 0 Å². The van der Waals surface area contributed by atoms with Gasteiger partial charge in [-0.25, -0.2) is 0 Å². The SMILES string of the molecule is F[C-]=C(F)C(F)=[C-]F.P.P.[IrH+2]. The fourth-order valence-corrected chi connectivity index (χ4v) is 0.0830. The van der Waals surface area contributed by atoms with E-state index in [1.54, 1.807) is 0 Å². The zero-order chi connectivity index (χ0) is 6.57. The van der Waals surface area contributed by atoms with E-state index in [1.165, 1.54) is 0 Å². The molecule has 0 saturated carbocycles. The third kappa shape index (κ3) is 10.7. The van der Waals surface area contributed by atoms with Gasteiger partial charge in [-0.3, -0.25) is 0 Å². The second kappa shape index (κ2) is 13.3. The number of allylic oxidation sites excluding steroid dienone is 2. The molecule has 0 aliphatic heterocycles. The van der Waals surface area contributed by atoms with Crippen LogP contribution in [0.3, 0.4) is 0 Å². The monoisotopic (exact) mass is 386 g/mol. The summed E-state index contributed by atoms with van der Waals surface area (Å²) >= 11 is 0. The molecule has 1 radical (unpaired) electrons. The molecule has 70 valence electrons. The van der Waals surface area contributed by atoms with Crippen LogP contribution in [0.2, 0.25) is 0 Å². The number of halogens is 4. The van der Waals surface area contributed by atoms with Gasteiger partial charge in [0.1, 0.15) is 0 Å². The quantitative estimate of drug-likeness (QED) is 0.280. The van der Waals surface area contributed by atoms with Crippen molar-refractivity contribution in [2.75, 3.05) is 0 Å². The Morgan fingerprint density at radius 1 is 0.818 bits per heavy atom. The van der Waals surface area contributed by atoms with Gasteiger partial charge in [0.15, 0.2) is 0 Å². The average molecular weight is 385 g/mol. The van der Waals surface area contributed by atoms with Crippen LogP contribution in [0.15, 0.2) is 11.7 Å². The van der Waals surface area contributed by atoms with E-state index >= 15 is 0 Å². The molecule has 0 aromatic heterocycles. The molecule has 0 amide bonds. The predicted octanol–water partition coefficient (Wildman–Crippen LogP) is 2.00. The van der Waals surface area contributed by atoms with E-state index in [2.05, 4.69) is 0 Å². The minimum absolute atomic E-state index is 0. The van der Waals surface area contributed by atoms with Crippen LogP contribution >= 0.6 is 19.8 Å². The van der Waals surface area contributed by atoms with E-state index in [1.807, 2.05) is 0 Å². The van der Waals surface area contributed by atoms with Crippen LogP contribution in [0.5, 0.6) is 0 Å². The van der Waals surface area contributed by atoms with Crippen molar-refractivity contribution in [1.29, 1.82) is 0 Å². The van der Waals surface area contributed by atoms with Gasteiger partial charge >= 0.3 is 20.1 Å². The van der Waals surface area contributed by atoms with Crippen LogP contribution < -0.4 is 0 Å². The molecule has 2 unspecified atom stereocenters. The Labute approximate surface area is 82.1 Å². The van der Waals surface area contributed by atoms with E-state index < -0.39 is 11.7 Å². The standard InChI is InChI=1S/C4F4.Ir.2H3P.H/c5-1-3(7)4(8)2-6;;;;/h;;2*1H3;/q-2;+2;;;. The van der Waals surface area contributed by atoms with E-state index in [4.69, 9.17) is 0 Å².